The van der Waals surface area contributed by atoms with E-state index in [1.54, 1.807) is 31.0 Å². The van der Waals surface area contributed by atoms with Crippen LogP contribution in [0.4, 0.5) is 0 Å². The highest BCUT2D eigenvalue weighted by Crippen LogP contribution is 2.28. The molecule has 3 aromatic rings. The Bertz CT molecular complexity index is 1000. The number of nitrogens with zero attached hydrogens (tertiary/aromatic N) is 3. The van der Waals surface area contributed by atoms with Crippen LogP contribution in [0, 0.1) is 0 Å². The van der Waals surface area contributed by atoms with Gasteiger partial charge in [0.25, 0.3) is 5.91 Å². The van der Waals surface area contributed by atoms with E-state index >= 15 is 0 Å². The van der Waals surface area contributed by atoms with Gasteiger partial charge in [-0.15, -0.1) is 10.2 Å². The van der Waals surface area contributed by atoms with Gasteiger partial charge in [-0.3, -0.25) is 9.36 Å². The monoisotopic (exact) mass is 454 g/mol. The Morgan fingerprint density at radius 2 is 1.84 bits per heavy atom. The first kappa shape index (κ1) is 23.7. The molecule has 170 valence electrons. The summed E-state index contributed by atoms with van der Waals surface area (Å²) in [5.41, 5.74) is 1.41. The Hall–Kier alpha value is -3.00. The maximum Gasteiger partial charge on any atom is 0.251 e. The summed E-state index contributed by atoms with van der Waals surface area (Å²) in [6.07, 6.45) is 3.11. The minimum absolute atomic E-state index is 0.178. The summed E-state index contributed by atoms with van der Waals surface area (Å²) in [6.45, 7) is 5.17. The Kier molecular flexibility index (Phi) is 8.98. The predicted molar refractivity (Wildman–Crippen MR) is 127 cm³/mol. The molecule has 2 aromatic carbocycles. The molecule has 0 radical (unpaired) electrons. The molecule has 0 unspecified atom stereocenters. The fourth-order valence-corrected chi connectivity index (χ4v) is 3.87. The van der Waals surface area contributed by atoms with E-state index in [0.717, 1.165) is 47.4 Å². The molecule has 0 bridgehead atoms. The lowest BCUT2D eigenvalue weighted by Crippen LogP contribution is -2.24. The first-order valence-corrected chi connectivity index (χ1v) is 11.9. The number of aromatic nitrogens is 3. The lowest BCUT2D eigenvalue weighted by atomic mass is 10.2. The van der Waals surface area contributed by atoms with Crippen LogP contribution in [0.3, 0.4) is 0 Å². The molecule has 0 fully saturated rings. The lowest BCUT2D eigenvalue weighted by Gasteiger charge is -2.14. The van der Waals surface area contributed by atoms with Crippen LogP contribution >= 0.6 is 11.8 Å². The van der Waals surface area contributed by atoms with Gasteiger partial charge in [0.15, 0.2) is 11.0 Å². The number of carbonyl (C=O) groups is 1. The average Bonchev–Trinajstić information content (AvgIpc) is 3.24. The summed E-state index contributed by atoms with van der Waals surface area (Å²) in [4.78, 5) is 12.7. The average molecular weight is 455 g/mol. The minimum Gasteiger partial charge on any atom is -0.495 e. The van der Waals surface area contributed by atoms with Gasteiger partial charge in [0, 0.05) is 11.3 Å². The summed E-state index contributed by atoms with van der Waals surface area (Å²) in [6, 6.07) is 14.9. The third-order valence-electron chi connectivity index (χ3n) is 4.75. The Morgan fingerprint density at radius 3 is 2.56 bits per heavy atom. The first-order chi connectivity index (χ1) is 15.7. The molecule has 0 spiro atoms. The number of nitrogens with one attached hydrogen (secondary N) is 1. The van der Waals surface area contributed by atoms with Gasteiger partial charge < -0.3 is 14.8 Å². The van der Waals surface area contributed by atoms with E-state index in [1.807, 2.05) is 41.0 Å². The van der Waals surface area contributed by atoms with Crippen molar-refractivity contribution in [2.45, 2.75) is 44.8 Å². The van der Waals surface area contributed by atoms with Gasteiger partial charge in [0.2, 0.25) is 0 Å². The maximum atomic E-state index is 12.7. The van der Waals surface area contributed by atoms with Crippen molar-refractivity contribution in [2.24, 2.45) is 0 Å². The molecule has 7 nitrogen and oxygen atoms in total. The highest BCUT2D eigenvalue weighted by molar-refractivity contribution is 7.99. The zero-order valence-corrected chi connectivity index (χ0v) is 19.7. The van der Waals surface area contributed by atoms with Gasteiger partial charge in [0.1, 0.15) is 11.5 Å². The Balaban J connectivity index is 1.74. The third kappa shape index (κ3) is 6.03. The largest absolute Gasteiger partial charge is 0.495 e. The minimum atomic E-state index is -0.178. The summed E-state index contributed by atoms with van der Waals surface area (Å²) in [5, 5.41) is 12.4. The number of unbranched alkanes of at least 4 members (excludes halogenated alkanes) is 1. The molecule has 32 heavy (non-hydrogen) atoms. The van der Waals surface area contributed by atoms with Crippen molar-refractivity contribution in [1.82, 2.24) is 20.1 Å². The lowest BCUT2D eigenvalue weighted by molar-refractivity contribution is 0.0949. The van der Waals surface area contributed by atoms with Crippen molar-refractivity contribution in [3.05, 3.63) is 59.9 Å². The number of carbonyl (C=O) groups excluding carboxylic acids is 1. The molecule has 8 heteroatoms. The second-order valence-corrected chi connectivity index (χ2v) is 8.23. The van der Waals surface area contributed by atoms with E-state index in [2.05, 4.69) is 29.4 Å². The number of ether oxygens (including phenoxy) is 2. The summed E-state index contributed by atoms with van der Waals surface area (Å²) in [5.74, 6) is 2.87. The Labute approximate surface area is 193 Å². The van der Waals surface area contributed by atoms with Gasteiger partial charge in [0.05, 0.1) is 25.9 Å². The molecule has 1 N–H and O–H groups in total. The van der Waals surface area contributed by atoms with Crippen LogP contribution in [0.2, 0.25) is 0 Å². The van der Waals surface area contributed by atoms with E-state index < -0.39 is 0 Å². The number of hydrogen-bond donors (Lipinski definition) is 1. The van der Waals surface area contributed by atoms with Crippen molar-refractivity contribution in [1.29, 1.82) is 0 Å². The van der Waals surface area contributed by atoms with Gasteiger partial charge in [-0.1, -0.05) is 44.2 Å². The van der Waals surface area contributed by atoms with Crippen molar-refractivity contribution in [2.75, 3.05) is 19.5 Å². The highest BCUT2D eigenvalue weighted by atomic mass is 32.2. The van der Waals surface area contributed by atoms with Gasteiger partial charge in [-0.25, -0.2) is 0 Å². The van der Waals surface area contributed by atoms with Crippen LogP contribution in [0.25, 0.3) is 5.69 Å². The summed E-state index contributed by atoms with van der Waals surface area (Å²) >= 11 is 1.63. The second kappa shape index (κ2) is 12.1. The van der Waals surface area contributed by atoms with Gasteiger partial charge in [-0.2, -0.15) is 0 Å². The Morgan fingerprint density at radius 1 is 1.06 bits per heavy atom. The van der Waals surface area contributed by atoms with Crippen molar-refractivity contribution in [3.8, 4) is 17.2 Å². The topological polar surface area (TPSA) is 78.3 Å². The smallest absolute Gasteiger partial charge is 0.251 e. The van der Waals surface area contributed by atoms with Crippen LogP contribution in [0.15, 0.2) is 53.7 Å². The molecule has 1 heterocycles. The van der Waals surface area contributed by atoms with Crippen LogP contribution in [-0.4, -0.2) is 40.1 Å². The molecule has 3 rings (SSSR count). The van der Waals surface area contributed by atoms with Crippen molar-refractivity contribution in [3.63, 3.8) is 0 Å². The number of amides is 1. The van der Waals surface area contributed by atoms with E-state index in [0.29, 0.717) is 18.0 Å². The van der Waals surface area contributed by atoms with E-state index in [1.165, 1.54) is 0 Å². The molecule has 0 aliphatic heterocycles. The first-order valence-electron chi connectivity index (χ1n) is 10.9. The molecule has 0 atom stereocenters. The number of methoxy groups -OCH3 is 1. The normalized spacial score (nSPS) is 10.7. The fraction of sp³-hybridized carbons (Fsp3) is 0.375. The standard InChI is InChI=1S/C24H30N4O3S/c1-4-6-15-31-19-13-11-18(12-14-19)23(29)25-17-22-26-27-24(32-16-5-2)28(22)20-9-7-8-10-21(20)30-3/h7-14H,4-6,15-17H2,1-3H3,(H,25,29). The van der Waals surface area contributed by atoms with Crippen LogP contribution in [0.5, 0.6) is 11.5 Å². The molecule has 1 aromatic heterocycles. The van der Waals surface area contributed by atoms with Gasteiger partial charge >= 0.3 is 0 Å². The predicted octanol–water partition coefficient (Wildman–Crippen LogP) is 4.89. The van der Waals surface area contributed by atoms with E-state index in [9.17, 15) is 4.79 Å². The molecular weight excluding hydrogens is 424 g/mol. The number of benzene rings is 2. The highest BCUT2D eigenvalue weighted by Gasteiger charge is 2.18. The van der Waals surface area contributed by atoms with E-state index in [-0.39, 0.29) is 12.5 Å². The zero-order chi connectivity index (χ0) is 22.8. The number of hydrogen-bond acceptors (Lipinski definition) is 6. The summed E-state index contributed by atoms with van der Waals surface area (Å²) < 4.78 is 13.2. The van der Waals surface area contributed by atoms with Crippen LogP contribution in [0.1, 0.15) is 49.3 Å². The number of para-hydroxylation sites is 2. The fourth-order valence-electron chi connectivity index (χ4n) is 3.06. The SMILES string of the molecule is CCCCOc1ccc(C(=O)NCc2nnc(SCCC)n2-c2ccccc2OC)cc1. The third-order valence-corrected chi connectivity index (χ3v) is 5.89. The van der Waals surface area contributed by atoms with Crippen molar-refractivity contribution >= 4 is 17.7 Å². The second-order valence-electron chi connectivity index (χ2n) is 7.16. The molecule has 0 aliphatic carbocycles. The molecule has 0 saturated heterocycles. The van der Waals surface area contributed by atoms with Crippen molar-refractivity contribution < 1.29 is 14.3 Å². The zero-order valence-electron chi connectivity index (χ0n) is 18.8. The van der Waals surface area contributed by atoms with E-state index in [4.69, 9.17) is 9.47 Å². The quantitative estimate of drug-likeness (QED) is 0.310. The van der Waals surface area contributed by atoms with Gasteiger partial charge in [-0.05, 0) is 49.2 Å². The van der Waals surface area contributed by atoms with Crippen LogP contribution in [-0.2, 0) is 6.54 Å². The molecular formula is C24H30N4O3S. The van der Waals surface area contributed by atoms with Crippen LogP contribution < -0.4 is 14.8 Å². The molecule has 0 saturated carbocycles. The molecule has 1 amide bonds. The number of rotatable bonds is 12. The number of thioether (sulfide) groups is 1. The molecule has 0 aliphatic rings. The summed E-state index contributed by atoms with van der Waals surface area (Å²) in [7, 11) is 1.64. The maximum absolute atomic E-state index is 12.7.